The van der Waals surface area contributed by atoms with Crippen molar-refractivity contribution < 1.29 is 9.90 Å². The normalized spacial score (nSPS) is 25.1. The van der Waals surface area contributed by atoms with Gasteiger partial charge in [0, 0.05) is 32.7 Å². The van der Waals surface area contributed by atoms with Crippen molar-refractivity contribution in [2.75, 3.05) is 37.6 Å². The number of nitrogens with zero attached hydrogens (tertiary/aromatic N) is 3. The SMILES string of the molecule is N#Cc1ccccc1N1CCN(C(=O)[C@@H]2C[C@@H](O)CN2)CC1. The van der Waals surface area contributed by atoms with Gasteiger partial charge in [-0.1, -0.05) is 12.1 Å². The summed E-state index contributed by atoms with van der Waals surface area (Å²) in [4.78, 5) is 16.4. The first kappa shape index (κ1) is 14.8. The fourth-order valence-electron chi connectivity index (χ4n) is 3.14. The van der Waals surface area contributed by atoms with E-state index in [-0.39, 0.29) is 11.9 Å². The van der Waals surface area contributed by atoms with Gasteiger partial charge >= 0.3 is 0 Å². The van der Waals surface area contributed by atoms with Gasteiger partial charge in [-0.15, -0.1) is 0 Å². The van der Waals surface area contributed by atoms with E-state index in [0.29, 0.717) is 31.6 Å². The predicted octanol–water partition coefficient (Wildman–Crippen LogP) is -0.0703. The lowest BCUT2D eigenvalue weighted by atomic mass is 10.1. The van der Waals surface area contributed by atoms with E-state index in [4.69, 9.17) is 0 Å². The van der Waals surface area contributed by atoms with Crippen molar-refractivity contribution >= 4 is 11.6 Å². The van der Waals surface area contributed by atoms with Crippen LogP contribution in [0.3, 0.4) is 0 Å². The number of anilines is 1. The van der Waals surface area contributed by atoms with Crippen LogP contribution in [0.1, 0.15) is 12.0 Å². The van der Waals surface area contributed by atoms with Crippen LogP contribution in [0.5, 0.6) is 0 Å². The van der Waals surface area contributed by atoms with Gasteiger partial charge in [0.1, 0.15) is 6.07 Å². The van der Waals surface area contributed by atoms with Crippen molar-refractivity contribution in [2.45, 2.75) is 18.6 Å². The number of β-amino-alcohol motifs (C(OH)–C–C–N with tert-alkyl or cyclic N) is 1. The minimum Gasteiger partial charge on any atom is -0.392 e. The Morgan fingerprint density at radius 3 is 2.64 bits per heavy atom. The molecular formula is C16H20N4O2. The summed E-state index contributed by atoms with van der Waals surface area (Å²) in [5, 5.41) is 21.8. The number of carbonyl (C=O) groups excluding carboxylic acids is 1. The highest BCUT2D eigenvalue weighted by molar-refractivity contribution is 5.82. The zero-order valence-electron chi connectivity index (χ0n) is 12.4. The average molecular weight is 300 g/mol. The molecule has 2 N–H and O–H groups in total. The first-order valence-corrected chi connectivity index (χ1v) is 7.63. The fraction of sp³-hybridized carbons (Fsp3) is 0.500. The van der Waals surface area contributed by atoms with E-state index in [1.165, 1.54) is 0 Å². The zero-order valence-corrected chi connectivity index (χ0v) is 12.4. The molecule has 0 aromatic heterocycles. The van der Waals surface area contributed by atoms with Gasteiger partial charge in [-0.25, -0.2) is 0 Å². The van der Waals surface area contributed by atoms with Gasteiger partial charge in [0.25, 0.3) is 0 Å². The van der Waals surface area contributed by atoms with Crippen molar-refractivity contribution in [2.24, 2.45) is 0 Å². The number of piperazine rings is 1. The number of para-hydroxylation sites is 1. The fourth-order valence-corrected chi connectivity index (χ4v) is 3.14. The summed E-state index contributed by atoms with van der Waals surface area (Å²) in [7, 11) is 0. The summed E-state index contributed by atoms with van der Waals surface area (Å²) >= 11 is 0. The minimum absolute atomic E-state index is 0.0739. The van der Waals surface area contributed by atoms with Gasteiger partial charge in [0.15, 0.2) is 0 Å². The van der Waals surface area contributed by atoms with E-state index >= 15 is 0 Å². The maximum absolute atomic E-state index is 12.4. The van der Waals surface area contributed by atoms with Crippen molar-refractivity contribution in [3.63, 3.8) is 0 Å². The molecule has 6 nitrogen and oxygen atoms in total. The van der Waals surface area contributed by atoms with Crippen LogP contribution in [0.15, 0.2) is 24.3 Å². The molecule has 1 aromatic rings. The van der Waals surface area contributed by atoms with E-state index < -0.39 is 6.10 Å². The van der Waals surface area contributed by atoms with E-state index in [1.807, 2.05) is 29.2 Å². The van der Waals surface area contributed by atoms with Crippen molar-refractivity contribution in [1.82, 2.24) is 10.2 Å². The van der Waals surface area contributed by atoms with Gasteiger partial charge in [-0.3, -0.25) is 4.79 Å². The second kappa shape index (κ2) is 6.34. The quantitative estimate of drug-likeness (QED) is 0.799. The number of rotatable bonds is 2. The molecule has 1 aromatic carbocycles. The lowest BCUT2D eigenvalue weighted by Gasteiger charge is -2.37. The molecule has 6 heteroatoms. The Morgan fingerprint density at radius 2 is 2.00 bits per heavy atom. The molecule has 2 heterocycles. The molecule has 0 radical (unpaired) electrons. The highest BCUT2D eigenvalue weighted by atomic mass is 16.3. The molecule has 3 rings (SSSR count). The third-order valence-corrected chi connectivity index (χ3v) is 4.36. The zero-order chi connectivity index (χ0) is 15.5. The number of hydrogen-bond acceptors (Lipinski definition) is 5. The summed E-state index contributed by atoms with van der Waals surface area (Å²) in [6, 6.07) is 9.51. The number of hydrogen-bond donors (Lipinski definition) is 2. The Hall–Kier alpha value is -2.10. The molecular weight excluding hydrogens is 280 g/mol. The van der Waals surface area contributed by atoms with Crippen molar-refractivity contribution in [3.8, 4) is 6.07 Å². The van der Waals surface area contributed by atoms with Gasteiger partial charge in [0.2, 0.25) is 5.91 Å². The Morgan fingerprint density at radius 1 is 1.27 bits per heavy atom. The first-order valence-electron chi connectivity index (χ1n) is 7.63. The highest BCUT2D eigenvalue weighted by Crippen LogP contribution is 2.21. The largest absolute Gasteiger partial charge is 0.392 e. The Balaban J connectivity index is 1.61. The van der Waals surface area contributed by atoms with Crippen molar-refractivity contribution in [3.05, 3.63) is 29.8 Å². The molecule has 2 aliphatic rings. The average Bonchev–Trinajstić information content (AvgIpc) is 3.01. The van der Waals surface area contributed by atoms with Crippen LogP contribution in [0.4, 0.5) is 5.69 Å². The van der Waals surface area contributed by atoms with Crippen LogP contribution >= 0.6 is 0 Å². The van der Waals surface area contributed by atoms with Gasteiger partial charge in [-0.05, 0) is 18.6 Å². The number of benzene rings is 1. The van der Waals surface area contributed by atoms with Gasteiger partial charge in [0.05, 0.1) is 23.4 Å². The van der Waals surface area contributed by atoms with Gasteiger partial charge < -0.3 is 20.2 Å². The maximum Gasteiger partial charge on any atom is 0.239 e. The lowest BCUT2D eigenvalue weighted by molar-refractivity contribution is -0.133. The van der Waals surface area contributed by atoms with Crippen LogP contribution in [-0.4, -0.2) is 60.8 Å². The second-order valence-corrected chi connectivity index (χ2v) is 5.79. The van der Waals surface area contributed by atoms with Crippen LogP contribution in [0.2, 0.25) is 0 Å². The standard InChI is InChI=1S/C16H20N4O2/c17-10-12-3-1-2-4-15(12)19-5-7-20(8-6-19)16(22)14-9-13(21)11-18-14/h1-4,13-14,18,21H,5-9,11H2/t13-,14+/m1/s1. The van der Waals surface area contributed by atoms with E-state index in [1.54, 1.807) is 0 Å². The maximum atomic E-state index is 12.4. The summed E-state index contributed by atoms with van der Waals surface area (Å²) in [6.45, 7) is 3.23. The molecule has 2 saturated heterocycles. The van der Waals surface area contributed by atoms with Crippen LogP contribution < -0.4 is 10.2 Å². The molecule has 0 aliphatic carbocycles. The molecule has 0 unspecified atom stereocenters. The molecule has 1 amide bonds. The summed E-state index contributed by atoms with van der Waals surface area (Å²) in [5.41, 5.74) is 1.61. The number of carbonyl (C=O) groups is 1. The molecule has 22 heavy (non-hydrogen) atoms. The molecule has 0 bridgehead atoms. The molecule has 0 spiro atoms. The van der Waals surface area contributed by atoms with E-state index in [2.05, 4.69) is 16.3 Å². The van der Waals surface area contributed by atoms with Gasteiger partial charge in [-0.2, -0.15) is 5.26 Å². The Bertz CT molecular complexity index is 590. The van der Waals surface area contributed by atoms with Crippen molar-refractivity contribution in [1.29, 1.82) is 5.26 Å². The molecule has 116 valence electrons. The lowest BCUT2D eigenvalue weighted by Crippen LogP contribution is -2.53. The Labute approximate surface area is 129 Å². The second-order valence-electron chi connectivity index (χ2n) is 5.79. The highest BCUT2D eigenvalue weighted by Gasteiger charge is 2.32. The van der Waals surface area contributed by atoms with E-state index in [9.17, 15) is 15.2 Å². The molecule has 2 fully saturated rings. The smallest absolute Gasteiger partial charge is 0.239 e. The number of aliphatic hydroxyl groups is 1. The Kier molecular flexibility index (Phi) is 4.27. The summed E-state index contributed by atoms with van der Waals surface area (Å²) in [6.07, 6.45) is 0.0776. The summed E-state index contributed by atoms with van der Waals surface area (Å²) < 4.78 is 0. The topological polar surface area (TPSA) is 79.6 Å². The number of nitrogens with one attached hydrogen (secondary N) is 1. The summed E-state index contributed by atoms with van der Waals surface area (Å²) in [5.74, 6) is 0.0739. The van der Waals surface area contributed by atoms with Crippen LogP contribution in [-0.2, 0) is 4.79 Å². The first-order chi connectivity index (χ1) is 10.7. The molecule has 0 saturated carbocycles. The van der Waals surface area contributed by atoms with Crippen LogP contribution in [0, 0.1) is 11.3 Å². The number of amides is 1. The monoisotopic (exact) mass is 300 g/mol. The number of aliphatic hydroxyl groups excluding tert-OH is 1. The van der Waals surface area contributed by atoms with E-state index in [0.717, 1.165) is 18.8 Å². The minimum atomic E-state index is -0.419. The third kappa shape index (κ3) is 2.91. The third-order valence-electron chi connectivity index (χ3n) is 4.36. The molecule has 2 aliphatic heterocycles. The number of nitriles is 1. The predicted molar refractivity (Wildman–Crippen MR) is 82.4 cm³/mol. The van der Waals surface area contributed by atoms with Crippen LogP contribution in [0.25, 0.3) is 0 Å². The molecule has 2 atom stereocenters.